The lowest BCUT2D eigenvalue weighted by molar-refractivity contribution is -0.120. The zero-order chi connectivity index (χ0) is 13.8. The van der Waals surface area contributed by atoms with E-state index in [1.165, 1.54) is 0 Å². The molecule has 19 heavy (non-hydrogen) atoms. The number of halogens is 2. The maximum atomic E-state index is 11.6. The lowest BCUT2D eigenvalue weighted by Crippen LogP contribution is -2.37. The van der Waals surface area contributed by atoms with E-state index in [4.69, 9.17) is 22.1 Å². The van der Waals surface area contributed by atoms with Crippen molar-refractivity contribution in [2.24, 2.45) is 5.73 Å². The van der Waals surface area contributed by atoms with E-state index in [1.54, 1.807) is 18.2 Å². The summed E-state index contributed by atoms with van der Waals surface area (Å²) in [5.74, 6) is -0.410. The molecule has 0 bridgehead atoms. The van der Waals surface area contributed by atoms with Crippen LogP contribution in [-0.2, 0) is 9.53 Å². The largest absolute Gasteiger partial charge is 0.377 e. The fourth-order valence-electron chi connectivity index (χ4n) is 2.13. The average molecular weight is 348 g/mol. The van der Waals surface area contributed by atoms with Gasteiger partial charge in [-0.05, 0) is 46.5 Å². The molecular weight excluding hydrogens is 332 g/mol. The number of hydrogen-bond donors (Lipinski definition) is 2. The van der Waals surface area contributed by atoms with Gasteiger partial charge < -0.3 is 10.5 Å². The number of carbonyl (C=O) groups is 1. The molecule has 0 aliphatic carbocycles. The van der Waals surface area contributed by atoms with Gasteiger partial charge in [-0.3, -0.25) is 10.1 Å². The minimum absolute atomic E-state index is 0.164. The minimum atomic E-state index is -0.530. The number of carbonyl (C=O) groups excluding carboxylic acids is 1. The van der Waals surface area contributed by atoms with Gasteiger partial charge in [0.1, 0.15) is 6.04 Å². The Labute approximate surface area is 125 Å². The van der Waals surface area contributed by atoms with Crippen LogP contribution in [0.3, 0.4) is 0 Å². The zero-order valence-corrected chi connectivity index (χ0v) is 12.7. The first-order valence-electron chi connectivity index (χ1n) is 6.17. The third-order valence-corrected chi connectivity index (χ3v) is 4.35. The molecular formula is C13H16BrClN2O2. The molecule has 1 heterocycles. The Balaban J connectivity index is 2.05. The van der Waals surface area contributed by atoms with E-state index in [1.807, 2.05) is 0 Å². The second-order valence-corrected chi connectivity index (χ2v) is 5.81. The van der Waals surface area contributed by atoms with Gasteiger partial charge in [-0.2, -0.15) is 0 Å². The summed E-state index contributed by atoms with van der Waals surface area (Å²) in [7, 11) is 0. The molecule has 0 radical (unpaired) electrons. The SMILES string of the molecule is NC(=O)C(NCC1CCCO1)c1ccc(Cl)c(Br)c1. The lowest BCUT2D eigenvalue weighted by atomic mass is 10.1. The molecule has 2 atom stereocenters. The molecule has 2 unspecified atom stereocenters. The first-order chi connectivity index (χ1) is 9.08. The third-order valence-electron chi connectivity index (χ3n) is 3.14. The summed E-state index contributed by atoms with van der Waals surface area (Å²) in [6, 6.07) is 4.81. The van der Waals surface area contributed by atoms with Gasteiger partial charge in [0.05, 0.1) is 11.1 Å². The summed E-state index contributed by atoms with van der Waals surface area (Å²) in [5, 5.41) is 3.76. The molecule has 1 saturated heterocycles. The molecule has 3 N–H and O–H groups in total. The van der Waals surface area contributed by atoms with Gasteiger partial charge in [0.2, 0.25) is 5.91 Å². The molecule has 104 valence electrons. The number of primary amides is 1. The van der Waals surface area contributed by atoms with E-state index in [2.05, 4.69) is 21.2 Å². The highest BCUT2D eigenvalue weighted by Crippen LogP contribution is 2.26. The Bertz CT molecular complexity index is 464. The van der Waals surface area contributed by atoms with Gasteiger partial charge in [0.25, 0.3) is 0 Å². The summed E-state index contributed by atoms with van der Waals surface area (Å²) in [4.78, 5) is 11.6. The summed E-state index contributed by atoms with van der Waals surface area (Å²) < 4.78 is 6.26. The van der Waals surface area contributed by atoms with Crippen LogP contribution in [-0.4, -0.2) is 25.2 Å². The van der Waals surface area contributed by atoms with Crippen LogP contribution in [0, 0.1) is 0 Å². The molecule has 1 aromatic rings. The lowest BCUT2D eigenvalue weighted by Gasteiger charge is -2.19. The van der Waals surface area contributed by atoms with Crippen molar-refractivity contribution in [2.75, 3.05) is 13.2 Å². The average Bonchev–Trinajstić information content (AvgIpc) is 2.86. The van der Waals surface area contributed by atoms with Crippen LogP contribution in [0.25, 0.3) is 0 Å². The van der Waals surface area contributed by atoms with Crippen molar-refractivity contribution in [3.05, 3.63) is 33.3 Å². The van der Waals surface area contributed by atoms with Gasteiger partial charge in [0, 0.05) is 17.6 Å². The zero-order valence-electron chi connectivity index (χ0n) is 10.4. The van der Waals surface area contributed by atoms with Gasteiger partial charge in [-0.1, -0.05) is 17.7 Å². The fourth-order valence-corrected chi connectivity index (χ4v) is 2.64. The molecule has 0 saturated carbocycles. The number of amides is 1. The maximum Gasteiger partial charge on any atom is 0.239 e. The van der Waals surface area contributed by atoms with E-state index < -0.39 is 11.9 Å². The normalized spacial score (nSPS) is 20.4. The first-order valence-corrected chi connectivity index (χ1v) is 7.34. The predicted molar refractivity (Wildman–Crippen MR) is 78.1 cm³/mol. The highest BCUT2D eigenvalue weighted by atomic mass is 79.9. The third kappa shape index (κ3) is 3.92. The van der Waals surface area contributed by atoms with Crippen molar-refractivity contribution in [1.82, 2.24) is 5.32 Å². The van der Waals surface area contributed by atoms with Crippen molar-refractivity contribution in [2.45, 2.75) is 25.0 Å². The molecule has 6 heteroatoms. The fraction of sp³-hybridized carbons (Fsp3) is 0.462. The van der Waals surface area contributed by atoms with E-state index in [0.29, 0.717) is 11.6 Å². The standard InChI is InChI=1S/C13H16BrClN2O2/c14-10-6-8(3-4-11(10)15)12(13(16)18)17-7-9-2-1-5-19-9/h3-4,6,9,12,17H,1-2,5,7H2,(H2,16,18). The Hall–Kier alpha value is -0.620. The van der Waals surface area contributed by atoms with Crippen LogP contribution in [0.2, 0.25) is 5.02 Å². The quantitative estimate of drug-likeness (QED) is 0.859. The van der Waals surface area contributed by atoms with Crippen LogP contribution in [0.1, 0.15) is 24.4 Å². The highest BCUT2D eigenvalue weighted by Gasteiger charge is 2.22. The number of benzene rings is 1. The van der Waals surface area contributed by atoms with Crippen LogP contribution in [0.4, 0.5) is 0 Å². The van der Waals surface area contributed by atoms with E-state index in [0.717, 1.165) is 29.5 Å². The molecule has 1 aliphatic rings. The Morgan fingerprint density at radius 3 is 3.00 bits per heavy atom. The maximum absolute atomic E-state index is 11.6. The highest BCUT2D eigenvalue weighted by molar-refractivity contribution is 9.10. The molecule has 1 aliphatic heterocycles. The Kier molecular flexibility index (Phi) is 5.21. The van der Waals surface area contributed by atoms with Crippen molar-refractivity contribution in [3.8, 4) is 0 Å². The number of ether oxygens (including phenoxy) is 1. The number of nitrogens with two attached hydrogens (primary N) is 1. The molecule has 1 fully saturated rings. The molecule has 2 rings (SSSR count). The van der Waals surface area contributed by atoms with Gasteiger partial charge >= 0.3 is 0 Å². The Morgan fingerprint density at radius 2 is 2.42 bits per heavy atom. The van der Waals surface area contributed by atoms with Crippen LogP contribution < -0.4 is 11.1 Å². The molecule has 4 nitrogen and oxygen atoms in total. The summed E-state index contributed by atoms with van der Waals surface area (Å²) in [5.41, 5.74) is 6.24. The van der Waals surface area contributed by atoms with Crippen molar-refractivity contribution < 1.29 is 9.53 Å². The minimum Gasteiger partial charge on any atom is -0.377 e. The Morgan fingerprint density at radius 1 is 1.63 bits per heavy atom. The second-order valence-electron chi connectivity index (χ2n) is 4.55. The second kappa shape index (κ2) is 6.70. The van der Waals surface area contributed by atoms with E-state index >= 15 is 0 Å². The van der Waals surface area contributed by atoms with Crippen LogP contribution in [0.15, 0.2) is 22.7 Å². The summed E-state index contributed by atoms with van der Waals surface area (Å²) in [6.45, 7) is 1.41. The predicted octanol–water partition coefficient (Wildman–Crippen LogP) is 2.40. The van der Waals surface area contributed by atoms with Crippen molar-refractivity contribution in [1.29, 1.82) is 0 Å². The summed E-state index contributed by atoms with van der Waals surface area (Å²) in [6.07, 6.45) is 2.25. The number of hydrogen-bond acceptors (Lipinski definition) is 3. The molecule has 0 aromatic heterocycles. The summed E-state index contributed by atoms with van der Waals surface area (Å²) >= 11 is 9.29. The number of rotatable bonds is 5. The van der Waals surface area contributed by atoms with Gasteiger partial charge in [0.15, 0.2) is 0 Å². The topological polar surface area (TPSA) is 64.4 Å². The molecule has 1 aromatic carbocycles. The molecule has 1 amide bonds. The number of nitrogens with one attached hydrogen (secondary N) is 1. The van der Waals surface area contributed by atoms with E-state index in [9.17, 15) is 4.79 Å². The van der Waals surface area contributed by atoms with Crippen molar-refractivity contribution >= 4 is 33.4 Å². The van der Waals surface area contributed by atoms with Crippen LogP contribution >= 0.6 is 27.5 Å². The van der Waals surface area contributed by atoms with Crippen LogP contribution in [0.5, 0.6) is 0 Å². The first kappa shape index (κ1) is 14.8. The van der Waals surface area contributed by atoms with Gasteiger partial charge in [-0.15, -0.1) is 0 Å². The van der Waals surface area contributed by atoms with E-state index in [-0.39, 0.29) is 6.10 Å². The monoisotopic (exact) mass is 346 g/mol. The van der Waals surface area contributed by atoms with Gasteiger partial charge in [-0.25, -0.2) is 0 Å². The van der Waals surface area contributed by atoms with Crippen molar-refractivity contribution in [3.63, 3.8) is 0 Å². The smallest absolute Gasteiger partial charge is 0.239 e. The molecule has 0 spiro atoms.